The molecule has 0 bridgehead atoms. The van der Waals surface area contributed by atoms with Crippen LogP contribution in [0, 0.1) is 11.8 Å². The highest BCUT2D eigenvalue weighted by Crippen LogP contribution is 2.35. The van der Waals surface area contributed by atoms with Gasteiger partial charge >= 0.3 is 11.9 Å². The first-order valence-corrected chi connectivity index (χ1v) is 12.8. The zero-order valence-electron chi connectivity index (χ0n) is 21.2. The van der Waals surface area contributed by atoms with Crippen LogP contribution < -0.4 is 0 Å². The third-order valence-corrected chi connectivity index (χ3v) is 6.46. The second-order valence-electron chi connectivity index (χ2n) is 8.97. The molecule has 2 rings (SSSR count). The van der Waals surface area contributed by atoms with Crippen molar-refractivity contribution in [1.29, 1.82) is 0 Å². The van der Waals surface area contributed by atoms with E-state index in [0.717, 1.165) is 19.3 Å². The van der Waals surface area contributed by atoms with E-state index in [1.54, 1.807) is 19.1 Å². The molecule has 36 heavy (non-hydrogen) atoms. The summed E-state index contributed by atoms with van der Waals surface area (Å²) in [5.41, 5.74) is 0. The van der Waals surface area contributed by atoms with Crippen LogP contribution in [0.5, 0.6) is 0 Å². The Balaban J connectivity index is 0.00000316. The Bertz CT molecular complexity index is 725. The van der Waals surface area contributed by atoms with E-state index in [4.69, 9.17) is 19.7 Å². The molecular weight excluding hydrogens is 476 g/mol. The summed E-state index contributed by atoms with van der Waals surface area (Å²) >= 11 is 0. The van der Waals surface area contributed by atoms with Gasteiger partial charge in [-0.1, -0.05) is 52.2 Å². The number of carbonyl (C=O) groups is 3. The van der Waals surface area contributed by atoms with Gasteiger partial charge in [0.2, 0.25) is 0 Å². The number of ketones is 1. The third-order valence-electron chi connectivity index (χ3n) is 6.46. The number of carbonyl (C=O) groups excluding carboxylic acids is 1. The average Bonchev–Trinajstić information content (AvgIpc) is 3.11. The molecule has 1 aliphatic heterocycles. The van der Waals surface area contributed by atoms with Gasteiger partial charge in [-0.2, -0.15) is 0 Å². The molecule has 1 aliphatic carbocycles. The SMILES string of the molecule is CC.CCC(C=CC1C(O)CC(=O)C1CCCCCCC(=O)O)OC1O[C@H](C(=O)O)[C@@H](O)[C@H](O)[C@H]1O. The number of aliphatic hydroxyl groups excluding tert-OH is 4. The molecule has 1 saturated carbocycles. The third kappa shape index (κ3) is 9.20. The lowest BCUT2D eigenvalue weighted by atomic mass is 9.88. The molecule has 6 N–H and O–H groups in total. The van der Waals surface area contributed by atoms with Gasteiger partial charge in [0.15, 0.2) is 12.4 Å². The number of aliphatic carboxylic acids is 2. The lowest BCUT2D eigenvalue weighted by Crippen LogP contribution is -2.60. The summed E-state index contributed by atoms with van der Waals surface area (Å²) in [7, 11) is 0. The number of unbranched alkanes of at least 4 members (excludes halogenated alkanes) is 3. The molecule has 9 atom stereocenters. The first kappa shape index (κ1) is 32.1. The lowest BCUT2D eigenvalue weighted by molar-refractivity contribution is -0.300. The monoisotopic (exact) mass is 518 g/mol. The van der Waals surface area contributed by atoms with Crippen LogP contribution in [0.1, 0.15) is 72.1 Å². The smallest absolute Gasteiger partial charge is 0.335 e. The largest absolute Gasteiger partial charge is 0.481 e. The van der Waals surface area contributed by atoms with Crippen LogP contribution in [-0.2, 0) is 23.9 Å². The van der Waals surface area contributed by atoms with Gasteiger partial charge in [-0.3, -0.25) is 9.59 Å². The molecule has 2 fully saturated rings. The molecule has 0 aromatic carbocycles. The van der Waals surface area contributed by atoms with Gasteiger partial charge in [0.05, 0.1) is 12.2 Å². The standard InChI is InChI=1S/C23H36O11.C2H6/c1-2-12(33-23-20(30)18(28)19(29)21(34-23)22(31)32)9-10-14-13(15(24)11-16(14)25)7-5-3-4-6-8-17(26)27;1-2/h9-10,12-14,16,18-21,23,25,28-30H,2-8,11H2,1H3,(H,26,27)(H,31,32);1-2H3/t12?,13?,14?,16?,18-,19-,20+,21-,23?;/m0./s1. The Hall–Kier alpha value is -1.89. The van der Waals surface area contributed by atoms with E-state index in [1.807, 2.05) is 13.8 Å². The van der Waals surface area contributed by atoms with E-state index in [-0.39, 0.29) is 24.5 Å². The molecule has 0 amide bonds. The number of carboxylic acid groups (broad SMARTS) is 2. The molecule has 0 radical (unpaired) electrons. The van der Waals surface area contributed by atoms with Crippen molar-refractivity contribution in [3.8, 4) is 0 Å². The molecule has 11 heteroatoms. The van der Waals surface area contributed by atoms with Gasteiger partial charge in [0.1, 0.15) is 24.1 Å². The number of ether oxygens (including phenoxy) is 2. The number of Topliss-reactive ketones (excluding diaryl/α,β-unsaturated/α-hetero) is 1. The Morgan fingerprint density at radius 1 is 1.03 bits per heavy atom. The minimum atomic E-state index is -1.81. The van der Waals surface area contributed by atoms with Crippen molar-refractivity contribution in [3.05, 3.63) is 12.2 Å². The number of carboxylic acids is 2. The number of hydrogen-bond donors (Lipinski definition) is 6. The molecule has 1 saturated heterocycles. The van der Waals surface area contributed by atoms with Crippen LogP contribution in [0.25, 0.3) is 0 Å². The van der Waals surface area contributed by atoms with Crippen LogP contribution in [0.15, 0.2) is 12.2 Å². The van der Waals surface area contributed by atoms with Gasteiger partial charge in [-0.15, -0.1) is 0 Å². The van der Waals surface area contributed by atoms with Crippen LogP contribution in [0.2, 0.25) is 0 Å². The van der Waals surface area contributed by atoms with Crippen LogP contribution in [-0.4, -0.2) is 91.3 Å². The van der Waals surface area contributed by atoms with Crippen molar-refractivity contribution < 1.29 is 54.5 Å². The Kier molecular flexibility index (Phi) is 14.3. The lowest BCUT2D eigenvalue weighted by Gasteiger charge is -2.39. The summed E-state index contributed by atoms with van der Waals surface area (Å²) in [5.74, 6) is -3.17. The van der Waals surface area contributed by atoms with Crippen molar-refractivity contribution in [2.75, 3.05) is 0 Å². The summed E-state index contributed by atoms with van der Waals surface area (Å²) < 4.78 is 10.8. The molecule has 1 heterocycles. The maximum Gasteiger partial charge on any atom is 0.335 e. The average molecular weight is 519 g/mol. The summed E-state index contributed by atoms with van der Waals surface area (Å²) in [6, 6.07) is 0. The van der Waals surface area contributed by atoms with E-state index in [2.05, 4.69) is 0 Å². The van der Waals surface area contributed by atoms with Gasteiger partial charge < -0.3 is 40.1 Å². The van der Waals surface area contributed by atoms with Crippen molar-refractivity contribution in [2.24, 2.45) is 11.8 Å². The van der Waals surface area contributed by atoms with Crippen molar-refractivity contribution in [2.45, 2.75) is 115 Å². The van der Waals surface area contributed by atoms with E-state index < -0.39 is 60.8 Å². The molecule has 208 valence electrons. The maximum atomic E-state index is 12.4. The van der Waals surface area contributed by atoms with Crippen molar-refractivity contribution >= 4 is 17.7 Å². The first-order valence-electron chi connectivity index (χ1n) is 12.8. The van der Waals surface area contributed by atoms with Gasteiger partial charge in [0, 0.05) is 24.7 Å². The second kappa shape index (κ2) is 16.1. The van der Waals surface area contributed by atoms with E-state index in [0.29, 0.717) is 19.3 Å². The highest BCUT2D eigenvalue weighted by Gasteiger charge is 2.48. The Morgan fingerprint density at radius 3 is 2.25 bits per heavy atom. The minimum Gasteiger partial charge on any atom is -0.481 e. The summed E-state index contributed by atoms with van der Waals surface area (Å²) in [6.45, 7) is 5.77. The number of hydrogen-bond acceptors (Lipinski definition) is 9. The van der Waals surface area contributed by atoms with E-state index >= 15 is 0 Å². The molecule has 0 aromatic rings. The first-order chi connectivity index (χ1) is 17.1. The molecule has 5 unspecified atom stereocenters. The van der Waals surface area contributed by atoms with Gasteiger partial charge in [0.25, 0.3) is 0 Å². The zero-order valence-corrected chi connectivity index (χ0v) is 21.2. The quantitative estimate of drug-likeness (QED) is 0.152. The normalized spacial score (nSPS) is 33.2. The number of rotatable bonds is 13. The molecular formula is C25H42O11. The Labute approximate surface area is 211 Å². The zero-order chi connectivity index (χ0) is 27.4. The van der Waals surface area contributed by atoms with E-state index in [1.165, 1.54) is 0 Å². The fraction of sp³-hybridized carbons (Fsp3) is 0.800. The van der Waals surface area contributed by atoms with Gasteiger partial charge in [-0.25, -0.2) is 4.79 Å². The second-order valence-corrected chi connectivity index (χ2v) is 8.97. The van der Waals surface area contributed by atoms with Crippen molar-refractivity contribution in [1.82, 2.24) is 0 Å². The summed E-state index contributed by atoms with van der Waals surface area (Å²) in [4.78, 5) is 34.2. The highest BCUT2D eigenvalue weighted by molar-refractivity contribution is 5.84. The van der Waals surface area contributed by atoms with E-state index in [9.17, 15) is 34.8 Å². The Morgan fingerprint density at radius 2 is 1.67 bits per heavy atom. The predicted molar refractivity (Wildman–Crippen MR) is 128 cm³/mol. The van der Waals surface area contributed by atoms with Crippen LogP contribution in [0.3, 0.4) is 0 Å². The molecule has 11 nitrogen and oxygen atoms in total. The van der Waals surface area contributed by atoms with Crippen molar-refractivity contribution in [3.63, 3.8) is 0 Å². The summed E-state index contributed by atoms with van der Waals surface area (Å²) in [6.07, 6.45) is -2.72. The topological polar surface area (TPSA) is 191 Å². The predicted octanol–water partition coefficient (Wildman–Crippen LogP) is 1.25. The molecule has 0 spiro atoms. The molecule has 0 aromatic heterocycles. The van der Waals surface area contributed by atoms with Crippen LogP contribution >= 0.6 is 0 Å². The fourth-order valence-electron chi connectivity index (χ4n) is 4.45. The minimum absolute atomic E-state index is 0.0332. The van der Waals surface area contributed by atoms with Crippen LogP contribution in [0.4, 0.5) is 0 Å². The number of aliphatic hydroxyl groups is 4. The molecule has 2 aliphatic rings. The highest BCUT2D eigenvalue weighted by atomic mass is 16.7. The fourth-order valence-corrected chi connectivity index (χ4v) is 4.45. The summed E-state index contributed by atoms with van der Waals surface area (Å²) in [5, 5.41) is 58.1. The van der Waals surface area contributed by atoms with Gasteiger partial charge in [-0.05, 0) is 19.3 Å². The maximum absolute atomic E-state index is 12.4.